The largest absolute Gasteiger partial charge is 0.472 e. The number of hydrogen-bond acceptors (Lipinski definition) is 7. The van der Waals surface area contributed by atoms with Gasteiger partial charge >= 0.3 is 6.09 Å². The van der Waals surface area contributed by atoms with Crippen molar-refractivity contribution in [3.05, 3.63) is 68.2 Å². The van der Waals surface area contributed by atoms with Gasteiger partial charge in [0, 0.05) is 53.7 Å². The fourth-order valence-corrected chi connectivity index (χ4v) is 8.59. The number of fused-ring (bicyclic) bond motifs is 4. The second-order valence-electron chi connectivity index (χ2n) is 14.8. The summed E-state index contributed by atoms with van der Waals surface area (Å²) in [6.07, 6.45) is 4.10. The average molecular weight is 721 g/mol. The average Bonchev–Trinajstić information content (AvgIpc) is 3.78. The zero-order valence-corrected chi connectivity index (χ0v) is 30.3. The van der Waals surface area contributed by atoms with Crippen molar-refractivity contribution in [2.24, 2.45) is 5.92 Å². The van der Waals surface area contributed by atoms with Gasteiger partial charge in [0.2, 0.25) is 5.88 Å². The van der Waals surface area contributed by atoms with E-state index in [1.165, 1.54) is 6.07 Å². The molecule has 1 aliphatic carbocycles. The van der Waals surface area contributed by atoms with Crippen LogP contribution in [0.15, 0.2) is 41.3 Å². The summed E-state index contributed by atoms with van der Waals surface area (Å²) in [5.41, 5.74) is 0.663. The molecule has 2 bridgehead atoms. The number of pyridine rings is 2. The van der Waals surface area contributed by atoms with Crippen molar-refractivity contribution in [1.82, 2.24) is 19.4 Å². The lowest BCUT2D eigenvalue weighted by Crippen LogP contribution is -2.44. The molecular weight excluding hydrogens is 680 g/mol. The number of carbonyl (C=O) groups is 1. The molecule has 0 radical (unpaired) electrons. The van der Waals surface area contributed by atoms with E-state index in [4.69, 9.17) is 37.7 Å². The van der Waals surface area contributed by atoms with Crippen LogP contribution in [0.5, 0.6) is 5.88 Å². The van der Waals surface area contributed by atoms with Gasteiger partial charge in [-0.05, 0) is 84.7 Å². The van der Waals surface area contributed by atoms with Crippen molar-refractivity contribution in [3.63, 3.8) is 0 Å². The minimum Gasteiger partial charge on any atom is -0.472 e. The Kier molecular flexibility index (Phi) is 8.98. The van der Waals surface area contributed by atoms with Crippen LogP contribution in [0.1, 0.15) is 65.0 Å². The van der Waals surface area contributed by atoms with Crippen LogP contribution in [0.25, 0.3) is 32.9 Å². The predicted molar refractivity (Wildman–Crippen MR) is 192 cm³/mol. The second-order valence-corrected chi connectivity index (χ2v) is 15.6. The van der Waals surface area contributed by atoms with E-state index in [1.54, 1.807) is 29.3 Å². The number of aryl methyl sites for hydroxylation is 1. The van der Waals surface area contributed by atoms with Crippen molar-refractivity contribution in [2.45, 2.75) is 89.6 Å². The molecule has 8 rings (SSSR count). The van der Waals surface area contributed by atoms with E-state index in [1.807, 2.05) is 45.4 Å². The highest BCUT2D eigenvalue weighted by atomic mass is 35.5. The maximum atomic E-state index is 17.3. The van der Waals surface area contributed by atoms with Gasteiger partial charge in [0.1, 0.15) is 22.6 Å². The lowest BCUT2D eigenvalue weighted by Gasteiger charge is -2.39. The second kappa shape index (κ2) is 13.0. The minimum absolute atomic E-state index is 0.0150. The first kappa shape index (κ1) is 34.5. The molecule has 50 heavy (non-hydrogen) atoms. The number of aromatic nitrogens is 2. The van der Waals surface area contributed by atoms with Crippen LogP contribution >= 0.6 is 23.2 Å². The first-order valence-electron chi connectivity index (χ1n) is 17.2. The molecule has 12 heteroatoms. The molecular formula is C38H40Cl2FN5O4. The van der Waals surface area contributed by atoms with E-state index in [0.717, 1.165) is 25.8 Å². The van der Waals surface area contributed by atoms with E-state index in [9.17, 15) is 14.9 Å². The molecule has 0 N–H and O–H groups in total. The number of halogens is 3. The molecule has 3 saturated heterocycles. The number of nitriles is 1. The van der Waals surface area contributed by atoms with Gasteiger partial charge in [-0.25, -0.2) is 14.2 Å². The summed E-state index contributed by atoms with van der Waals surface area (Å²) in [7, 11) is 2.04. The molecule has 1 amide bonds. The summed E-state index contributed by atoms with van der Waals surface area (Å²) in [5, 5.41) is 10.7. The van der Waals surface area contributed by atoms with Crippen LogP contribution in [0.3, 0.4) is 0 Å². The quantitative estimate of drug-likeness (QED) is 0.178. The standard InChI is InChI=1S/C38H40Cl2FN5O4/c1-20(26-12-8-15-44(26)5)49-36-30-28(47)13-16-45(34-22-18-27(34)46(19-22)37(48)50-38(2,3)4)35(30)24-17-21(9-7-14-42)29(32(41)33(24)43-36)23-10-6-11-25(39)31(23)40/h6,10-11,13,16-17,20,22,26-27,34H,7-9,12,15,18-19H2,1-5H3/t20-,22+,26-,27+,34-/m0/s1. The Morgan fingerprint density at radius 2 is 2.02 bits per heavy atom. The number of likely N-dealkylation sites (tertiary alicyclic amines) is 1. The highest BCUT2D eigenvalue weighted by Gasteiger charge is 2.55. The van der Waals surface area contributed by atoms with Crippen LogP contribution in [0, 0.1) is 23.1 Å². The summed E-state index contributed by atoms with van der Waals surface area (Å²) < 4.78 is 31.6. The van der Waals surface area contributed by atoms with Crippen LogP contribution in [-0.2, 0) is 11.2 Å². The molecule has 4 fully saturated rings. The summed E-state index contributed by atoms with van der Waals surface area (Å²) in [4.78, 5) is 36.0. The van der Waals surface area contributed by atoms with Crippen LogP contribution < -0.4 is 10.2 Å². The number of rotatable bonds is 7. The molecule has 2 aromatic carbocycles. The molecule has 5 atom stereocenters. The van der Waals surface area contributed by atoms with Crippen LogP contribution in [0.2, 0.25) is 10.0 Å². The Balaban J connectivity index is 1.48. The first-order valence-corrected chi connectivity index (χ1v) is 17.9. The number of likely N-dealkylation sites (N-methyl/N-ethyl adjacent to an activating group) is 1. The number of amides is 1. The molecule has 0 unspecified atom stereocenters. The van der Waals surface area contributed by atoms with E-state index in [0.29, 0.717) is 28.6 Å². The summed E-state index contributed by atoms with van der Waals surface area (Å²) in [6.45, 7) is 8.91. The van der Waals surface area contributed by atoms with Gasteiger partial charge in [-0.3, -0.25) is 9.69 Å². The van der Waals surface area contributed by atoms with Gasteiger partial charge < -0.3 is 18.9 Å². The Hall–Kier alpha value is -3.91. The van der Waals surface area contributed by atoms with E-state index in [-0.39, 0.29) is 86.9 Å². The van der Waals surface area contributed by atoms with Gasteiger partial charge in [0.05, 0.1) is 33.7 Å². The Bertz CT molecular complexity index is 2130. The summed E-state index contributed by atoms with van der Waals surface area (Å²) in [5.74, 6) is -0.488. The van der Waals surface area contributed by atoms with Crippen molar-refractivity contribution in [3.8, 4) is 23.1 Å². The maximum Gasteiger partial charge on any atom is 0.410 e. The number of nitrogens with zero attached hydrogens (tertiary/aromatic N) is 5. The van der Waals surface area contributed by atoms with Gasteiger partial charge in [0.25, 0.3) is 0 Å². The number of carbonyl (C=O) groups excluding carboxylic acids is 1. The molecule has 5 heterocycles. The third-order valence-electron chi connectivity index (χ3n) is 10.5. The van der Waals surface area contributed by atoms with E-state index in [2.05, 4.69) is 11.0 Å². The van der Waals surface area contributed by atoms with Crippen molar-refractivity contribution in [1.29, 1.82) is 5.26 Å². The molecule has 2 aromatic heterocycles. The number of ether oxygens (including phenoxy) is 2. The molecule has 1 saturated carbocycles. The fraction of sp³-hybridized carbons (Fsp3) is 0.474. The van der Waals surface area contributed by atoms with Crippen molar-refractivity contribution < 1.29 is 18.7 Å². The van der Waals surface area contributed by atoms with Crippen molar-refractivity contribution in [2.75, 3.05) is 20.1 Å². The van der Waals surface area contributed by atoms with Gasteiger partial charge in [0.15, 0.2) is 11.2 Å². The third-order valence-corrected chi connectivity index (χ3v) is 11.3. The number of benzene rings is 2. The van der Waals surface area contributed by atoms with E-state index < -0.39 is 11.4 Å². The number of hydrogen-bond donors (Lipinski definition) is 0. The van der Waals surface area contributed by atoms with Gasteiger partial charge in [-0.15, -0.1) is 0 Å². The zero-order chi connectivity index (χ0) is 35.6. The lowest BCUT2D eigenvalue weighted by atomic mass is 9.79. The molecule has 9 nitrogen and oxygen atoms in total. The predicted octanol–water partition coefficient (Wildman–Crippen LogP) is 8.16. The van der Waals surface area contributed by atoms with Crippen molar-refractivity contribution >= 4 is 51.1 Å². The lowest BCUT2D eigenvalue weighted by molar-refractivity contribution is 0.0210. The SMILES string of the molecule is C[C@H](Oc1nc2c(F)c(-c3cccc(Cl)c3Cl)c(CCC#N)cc2c2c1c(=O)ccn2[C@H]1[C@@H]2C[C@H]1N(C(=O)OC(C)(C)C)C2)[C@@H]1CCCN1C. The highest BCUT2D eigenvalue weighted by molar-refractivity contribution is 6.43. The molecule has 0 spiro atoms. The van der Waals surface area contributed by atoms with Crippen LogP contribution in [-0.4, -0.2) is 69.4 Å². The Labute approximate surface area is 300 Å². The van der Waals surface area contributed by atoms with Gasteiger partial charge in [-0.2, -0.15) is 5.26 Å². The Morgan fingerprint density at radius 1 is 1.24 bits per heavy atom. The van der Waals surface area contributed by atoms with Gasteiger partial charge in [-0.1, -0.05) is 35.3 Å². The fourth-order valence-electron chi connectivity index (χ4n) is 8.20. The minimum atomic E-state index is -0.650. The molecule has 3 aliphatic heterocycles. The molecule has 262 valence electrons. The van der Waals surface area contributed by atoms with E-state index >= 15 is 4.39 Å². The summed E-state index contributed by atoms with van der Waals surface area (Å²) >= 11 is 13.1. The molecule has 4 aliphatic rings. The maximum absolute atomic E-state index is 17.3. The topological polar surface area (TPSA) is 101 Å². The first-order chi connectivity index (χ1) is 23.8. The highest BCUT2D eigenvalue weighted by Crippen LogP contribution is 2.52. The zero-order valence-electron chi connectivity index (χ0n) is 28.8. The smallest absolute Gasteiger partial charge is 0.410 e. The third kappa shape index (κ3) is 5.87. The Morgan fingerprint density at radius 3 is 2.72 bits per heavy atom. The monoisotopic (exact) mass is 719 g/mol. The summed E-state index contributed by atoms with van der Waals surface area (Å²) in [6, 6.07) is 10.2. The van der Waals surface area contributed by atoms with Crippen LogP contribution in [0.4, 0.5) is 9.18 Å². The normalized spacial score (nSPS) is 22.5. The molecule has 4 aromatic rings.